The number of nitrogens with zero attached hydrogens (tertiary/aromatic N) is 4. The van der Waals surface area contributed by atoms with Gasteiger partial charge in [0.25, 0.3) is 0 Å². The second kappa shape index (κ2) is 5.21. The van der Waals surface area contributed by atoms with Gasteiger partial charge in [0.15, 0.2) is 0 Å². The van der Waals surface area contributed by atoms with E-state index in [4.69, 9.17) is 5.84 Å². The first-order valence-electron chi connectivity index (χ1n) is 5.72. The van der Waals surface area contributed by atoms with Gasteiger partial charge >= 0.3 is 0 Å². The Morgan fingerprint density at radius 3 is 2.67 bits per heavy atom. The second-order valence-corrected chi connectivity index (χ2v) is 5.27. The van der Waals surface area contributed by atoms with Gasteiger partial charge in [0.05, 0.1) is 16.4 Å². The van der Waals surface area contributed by atoms with Crippen LogP contribution < -0.4 is 11.3 Å². The van der Waals surface area contributed by atoms with E-state index in [0.29, 0.717) is 0 Å². The first kappa shape index (κ1) is 13.3. The molecule has 6 nitrogen and oxygen atoms in total. The van der Waals surface area contributed by atoms with Crippen LogP contribution in [0.1, 0.15) is 37.4 Å². The van der Waals surface area contributed by atoms with Crippen LogP contribution in [0.25, 0.3) is 0 Å². The summed E-state index contributed by atoms with van der Waals surface area (Å²) >= 11 is 3.52. The molecule has 1 unspecified atom stereocenters. The standard InChI is InChI=1S/C11H17BrN6/c1-7(2)18-10(8(12)6-15-18)9(16-13)11-14-4-5-17(11)3/h4-7,9,16H,13H2,1-3H3. The van der Waals surface area contributed by atoms with Crippen LogP contribution in [0.3, 0.4) is 0 Å². The lowest BCUT2D eigenvalue weighted by Crippen LogP contribution is -2.33. The first-order chi connectivity index (χ1) is 8.56. The number of hydrogen-bond donors (Lipinski definition) is 2. The summed E-state index contributed by atoms with van der Waals surface area (Å²) in [5, 5.41) is 4.36. The average Bonchev–Trinajstić information content (AvgIpc) is 2.89. The highest BCUT2D eigenvalue weighted by Gasteiger charge is 2.24. The largest absolute Gasteiger partial charge is 0.336 e. The van der Waals surface area contributed by atoms with Crippen LogP contribution in [-0.4, -0.2) is 19.3 Å². The molecule has 18 heavy (non-hydrogen) atoms. The molecule has 98 valence electrons. The summed E-state index contributed by atoms with van der Waals surface area (Å²) in [5.41, 5.74) is 3.78. The van der Waals surface area contributed by atoms with Crippen molar-refractivity contribution in [2.45, 2.75) is 25.9 Å². The summed E-state index contributed by atoms with van der Waals surface area (Å²) in [6.45, 7) is 4.16. The molecule has 2 rings (SSSR count). The first-order valence-corrected chi connectivity index (χ1v) is 6.51. The van der Waals surface area contributed by atoms with Crippen molar-refractivity contribution >= 4 is 15.9 Å². The zero-order chi connectivity index (χ0) is 13.3. The molecule has 1 atom stereocenters. The number of nitrogens with one attached hydrogen (secondary N) is 1. The minimum atomic E-state index is -0.204. The van der Waals surface area contributed by atoms with Crippen molar-refractivity contribution in [3.8, 4) is 0 Å². The minimum absolute atomic E-state index is 0.204. The van der Waals surface area contributed by atoms with Gasteiger partial charge in [-0.3, -0.25) is 10.5 Å². The van der Waals surface area contributed by atoms with E-state index in [1.807, 2.05) is 22.5 Å². The Bertz CT molecular complexity index is 529. The summed E-state index contributed by atoms with van der Waals surface area (Å²) in [4.78, 5) is 4.34. The molecule has 0 saturated heterocycles. The highest BCUT2D eigenvalue weighted by molar-refractivity contribution is 9.10. The fraction of sp³-hybridized carbons (Fsp3) is 0.455. The molecule has 0 saturated carbocycles. The number of rotatable bonds is 4. The summed E-state index contributed by atoms with van der Waals surface area (Å²) in [5.74, 6) is 6.54. The molecule has 0 bridgehead atoms. The molecule has 0 aliphatic heterocycles. The normalized spacial score (nSPS) is 13.2. The van der Waals surface area contributed by atoms with Crippen molar-refractivity contribution in [2.24, 2.45) is 12.9 Å². The Hall–Kier alpha value is -1.18. The minimum Gasteiger partial charge on any atom is -0.336 e. The van der Waals surface area contributed by atoms with Gasteiger partial charge in [-0.15, -0.1) is 0 Å². The monoisotopic (exact) mass is 312 g/mol. The molecule has 7 heteroatoms. The number of aryl methyl sites for hydroxylation is 1. The Morgan fingerprint density at radius 1 is 1.44 bits per heavy atom. The number of aromatic nitrogens is 4. The number of hydrogen-bond acceptors (Lipinski definition) is 4. The Balaban J connectivity index is 2.52. The van der Waals surface area contributed by atoms with Crippen LogP contribution in [0.15, 0.2) is 23.1 Å². The van der Waals surface area contributed by atoms with Crippen LogP contribution in [0.4, 0.5) is 0 Å². The van der Waals surface area contributed by atoms with Gasteiger partial charge in [0.2, 0.25) is 0 Å². The van der Waals surface area contributed by atoms with Gasteiger partial charge in [-0.05, 0) is 29.8 Å². The van der Waals surface area contributed by atoms with Crippen LogP contribution in [-0.2, 0) is 7.05 Å². The van der Waals surface area contributed by atoms with Crippen LogP contribution in [0.5, 0.6) is 0 Å². The highest BCUT2D eigenvalue weighted by atomic mass is 79.9. The van der Waals surface area contributed by atoms with Crippen molar-refractivity contribution in [3.05, 3.63) is 34.6 Å². The summed E-state index contributed by atoms with van der Waals surface area (Å²) in [6, 6.07) is 0.0479. The van der Waals surface area contributed by atoms with Crippen molar-refractivity contribution in [3.63, 3.8) is 0 Å². The molecule has 0 fully saturated rings. The quantitative estimate of drug-likeness (QED) is 0.663. The molecular formula is C11H17BrN6. The third kappa shape index (κ3) is 2.21. The third-order valence-electron chi connectivity index (χ3n) is 2.83. The van der Waals surface area contributed by atoms with Crippen molar-refractivity contribution in [1.82, 2.24) is 24.8 Å². The number of nitrogens with two attached hydrogens (primary N) is 1. The molecule has 2 aromatic rings. The summed E-state index contributed by atoms with van der Waals surface area (Å²) in [7, 11) is 1.94. The Kier molecular flexibility index (Phi) is 3.84. The molecule has 0 aromatic carbocycles. The lowest BCUT2D eigenvalue weighted by molar-refractivity contribution is 0.462. The molecule has 0 spiro atoms. The van der Waals surface area contributed by atoms with E-state index >= 15 is 0 Å². The average molecular weight is 313 g/mol. The molecule has 0 aliphatic rings. The fourth-order valence-corrected chi connectivity index (χ4v) is 2.47. The summed E-state index contributed by atoms with van der Waals surface area (Å²) in [6.07, 6.45) is 5.43. The lowest BCUT2D eigenvalue weighted by atomic mass is 10.2. The van der Waals surface area contributed by atoms with E-state index in [0.717, 1.165) is 16.0 Å². The predicted molar refractivity (Wildman–Crippen MR) is 72.7 cm³/mol. The molecule has 2 heterocycles. The van der Waals surface area contributed by atoms with E-state index < -0.39 is 0 Å². The van der Waals surface area contributed by atoms with Gasteiger partial charge in [0, 0.05) is 25.5 Å². The molecule has 0 amide bonds. The topological polar surface area (TPSA) is 73.7 Å². The van der Waals surface area contributed by atoms with Crippen LogP contribution >= 0.6 is 15.9 Å². The lowest BCUT2D eigenvalue weighted by Gasteiger charge is -2.20. The van der Waals surface area contributed by atoms with Gasteiger partial charge in [-0.25, -0.2) is 10.4 Å². The van der Waals surface area contributed by atoms with Gasteiger partial charge < -0.3 is 4.57 Å². The van der Waals surface area contributed by atoms with Crippen molar-refractivity contribution in [1.29, 1.82) is 0 Å². The summed E-state index contributed by atoms with van der Waals surface area (Å²) < 4.78 is 4.79. The smallest absolute Gasteiger partial charge is 0.133 e. The number of hydrazine groups is 1. The maximum atomic E-state index is 5.70. The van der Waals surface area contributed by atoms with E-state index in [9.17, 15) is 0 Å². The third-order valence-corrected chi connectivity index (χ3v) is 3.44. The Morgan fingerprint density at radius 2 is 2.17 bits per heavy atom. The van der Waals surface area contributed by atoms with E-state index in [1.54, 1.807) is 12.4 Å². The van der Waals surface area contributed by atoms with Gasteiger partial charge in [0.1, 0.15) is 11.9 Å². The second-order valence-electron chi connectivity index (χ2n) is 4.41. The molecule has 3 N–H and O–H groups in total. The van der Waals surface area contributed by atoms with Crippen LogP contribution in [0.2, 0.25) is 0 Å². The van der Waals surface area contributed by atoms with Crippen molar-refractivity contribution in [2.75, 3.05) is 0 Å². The predicted octanol–water partition coefficient (Wildman–Crippen LogP) is 1.51. The number of imidazole rings is 1. The van der Waals surface area contributed by atoms with E-state index in [2.05, 4.69) is 45.3 Å². The molecule has 0 radical (unpaired) electrons. The van der Waals surface area contributed by atoms with Crippen LogP contribution in [0, 0.1) is 0 Å². The fourth-order valence-electron chi connectivity index (χ4n) is 1.96. The molecule has 2 aromatic heterocycles. The van der Waals surface area contributed by atoms with Gasteiger partial charge in [-0.2, -0.15) is 5.10 Å². The van der Waals surface area contributed by atoms with Gasteiger partial charge in [-0.1, -0.05) is 0 Å². The zero-order valence-electron chi connectivity index (χ0n) is 10.6. The zero-order valence-corrected chi connectivity index (χ0v) is 12.2. The SMILES string of the molecule is CC(C)n1ncc(Br)c1C(NN)c1nccn1C. The van der Waals surface area contributed by atoms with Crippen molar-refractivity contribution < 1.29 is 0 Å². The highest BCUT2D eigenvalue weighted by Crippen LogP contribution is 2.28. The maximum absolute atomic E-state index is 5.70. The number of halogens is 1. The van der Waals surface area contributed by atoms with E-state index in [1.165, 1.54) is 0 Å². The Labute approximate surface area is 114 Å². The molecule has 0 aliphatic carbocycles. The van der Waals surface area contributed by atoms with E-state index in [-0.39, 0.29) is 12.1 Å². The maximum Gasteiger partial charge on any atom is 0.133 e. The molecular weight excluding hydrogens is 296 g/mol.